The molecule has 30 heavy (non-hydrogen) atoms. The Bertz CT molecular complexity index is 1250. The van der Waals surface area contributed by atoms with Crippen molar-refractivity contribution in [2.75, 3.05) is 11.9 Å². The van der Waals surface area contributed by atoms with Crippen molar-refractivity contribution in [2.24, 2.45) is 0 Å². The molecule has 10 heteroatoms. The SMILES string of the molecule is Cc1c(C(=O)OCC(=O)Nc2cc(Cl)ccc2-n2cncn2)oc2c(F)cccc12. The van der Waals surface area contributed by atoms with Crippen LogP contribution in [0.2, 0.25) is 5.02 Å². The van der Waals surface area contributed by atoms with E-state index in [4.69, 9.17) is 20.8 Å². The van der Waals surface area contributed by atoms with Crippen molar-refractivity contribution < 1.29 is 23.1 Å². The Morgan fingerprint density at radius 3 is 2.87 bits per heavy atom. The molecule has 2 aromatic heterocycles. The summed E-state index contributed by atoms with van der Waals surface area (Å²) in [6, 6.07) is 9.20. The number of nitrogens with one attached hydrogen (secondary N) is 1. The highest BCUT2D eigenvalue weighted by atomic mass is 35.5. The minimum atomic E-state index is -0.874. The zero-order chi connectivity index (χ0) is 21.3. The molecule has 1 amide bonds. The van der Waals surface area contributed by atoms with E-state index in [1.807, 2.05) is 0 Å². The molecule has 0 spiro atoms. The Labute approximate surface area is 174 Å². The first-order valence-corrected chi connectivity index (χ1v) is 9.11. The van der Waals surface area contributed by atoms with Gasteiger partial charge in [0.05, 0.1) is 11.4 Å². The number of nitrogens with zero attached hydrogens (tertiary/aromatic N) is 3. The fraction of sp³-hybridized carbons (Fsp3) is 0.100. The normalized spacial score (nSPS) is 10.9. The van der Waals surface area contributed by atoms with E-state index in [1.165, 1.54) is 35.5 Å². The lowest BCUT2D eigenvalue weighted by atomic mass is 10.1. The van der Waals surface area contributed by atoms with E-state index in [0.717, 1.165) is 0 Å². The standard InChI is InChI=1S/C20H14ClFN4O4/c1-11-13-3-2-4-14(22)19(13)30-18(11)20(28)29-8-17(27)25-15-7-12(21)5-6-16(15)26-10-23-9-24-26/h2-7,9-10H,8H2,1H3,(H,25,27). The predicted octanol–water partition coefficient (Wildman–Crippen LogP) is 3.91. The lowest BCUT2D eigenvalue weighted by Crippen LogP contribution is -2.22. The quantitative estimate of drug-likeness (QED) is 0.484. The summed E-state index contributed by atoms with van der Waals surface area (Å²) in [6.45, 7) is 1.03. The molecule has 8 nitrogen and oxygen atoms in total. The number of carbonyl (C=O) groups is 2. The van der Waals surface area contributed by atoms with Gasteiger partial charge < -0.3 is 14.5 Å². The summed E-state index contributed by atoms with van der Waals surface area (Å²) in [4.78, 5) is 28.5. The van der Waals surface area contributed by atoms with E-state index < -0.39 is 24.3 Å². The molecular weight excluding hydrogens is 415 g/mol. The number of aromatic nitrogens is 3. The van der Waals surface area contributed by atoms with Crippen LogP contribution in [0.5, 0.6) is 0 Å². The maximum absolute atomic E-state index is 13.9. The summed E-state index contributed by atoms with van der Waals surface area (Å²) in [5, 5.41) is 7.49. The third-order valence-corrected chi connectivity index (χ3v) is 4.57. The third kappa shape index (κ3) is 3.74. The van der Waals surface area contributed by atoms with Gasteiger partial charge in [0.25, 0.3) is 5.91 Å². The number of carbonyl (C=O) groups excluding carboxylic acids is 2. The number of para-hydroxylation sites is 1. The monoisotopic (exact) mass is 428 g/mol. The van der Waals surface area contributed by atoms with Crippen LogP contribution in [0, 0.1) is 12.7 Å². The number of rotatable bonds is 5. The lowest BCUT2D eigenvalue weighted by molar-refractivity contribution is -0.119. The fourth-order valence-electron chi connectivity index (χ4n) is 2.93. The molecule has 0 aliphatic carbocycles. The Hall–Kier alpha value is -3.72. The van der Waals surface area contributed by atoms with Gasteiger partial charge in [0.15, 0.2) is 18.0 Å². The van der Waals surface area contributed by atoms with E-state index in [-0.39, 0.29) is 11.3 Å². The van der Waals surface area contributed by atoms with Crippen molar-refractivity contribution in [2.45, 2.75) is 6.92 Å². The predicted molar refractivity (Wildman–Crippen MR) is 106 cm³/mol. The number of benzene rings is 2. The molecule has 0 fully saturated rings. The van der Waals surface area contributed by atoms with Gasteiger partial charge in [0.2, 0.25) is 5.76 Å². The molecule has 0 bridgehead atoms. The van der Waals surface area contributed by atoms with Crippen molar-refractivity contribution in [3.8, 4) is 5.69 Å². The first-order chi connectivity index (χ1) is 14.4. The largest absolute Gasteiger partial charge is 0.450 e. The Kier molecular flexibility index (Phi) is 5.20. The van der Waals surface area contributed by atoms with Crippen LogP contribution < -0.4 is 5.32 Å². The molecule has 0 unspecified atom stereocenters. The molecular formula is C20H14ClFN4O4. The number of ether oxygens (including phenoxy) is 1. The highest BCUT2D eigenvalue weighted by molar-refractivity contribution is 6.31. The topological polar surface area (TPSA) is 99.2 Å². The van der Waals surface area contributed by atoms with Crippen molar-refractivity contribution in [1.29, 1.82) is 0 Å². The second kappa shape index (κ2) is 7.96. The van der Waals surface area contributed by atoms with Crippen LogP contribution >= 0.6 is 11.6 Å². The smallest absolute Gasteiger partial charge is 0.375 e. The Balaban J connectivity index is 1.47. The summed E-state index contributed by atoms with van der Waals surface area (Å²) in [6.07, 6.45) is 2.81. The van der Waals surface area contributed by atoms with E-state index in [2.05, 4.69) is 15.4 Å². The summed E-state index contributed by atoms with van der Waals surface area (Å²) in [5.74, 6) is -2.23. The molecule has 0 aliphatic heterocycles. The second-order valence-corrected chi connectivity index (χ2v) is 6.73. The van der Waals surface area contributed by atoms with E-state index in [9.17, 15) is 14.0 Å². The summed E-state index contributed by atoms with van der Waals surface area (Å²) in [5.41, 5.74) is 1.28. The zero-order valence-electron chi connectivity index (χ0n) is 15.6. The van der Waals surface area contributed by atoms with Gasteiger partial charge in [-0.3, -0.25) is 4.79 Å². The van der Waals surface area contributed by atoms with Gasteiger partial charge in [-0.05, 0) is 31.2 Å². The summed E-state index contributed by atoms with van der Waals surface area (Å²) in [7, 11) is 0. The number of furan rings is 1. The van der Waals surface area contributed by atoms with E-state index >= 15 is 0 Å². The van der Waals surface area contributed by atoms with Crippen molar-refractivity contribution in [3.63, 3.8) is 0 Å². The van der Waals surface area contributed by atoms with Gasteiger partial charge in [0, 0.05) is 16.0 Å². The van der Waals surface area contributed by atoms with Crippen LogP contribution in [0.4, 0.5) is 10.1 Å². The third-order valence-electron chi connectivity index (χ3n) is 4.33. The fourth-order valence-corrected chi connectivity index (χ4v) is 3.10. The van der Waals surface area contributed by atoms with Crippen LogP contribution in [0.25, 0.3) is 16.7 Å². The maximum Gasteiger partial charge on any atom is 0.375 e. The first-order valence-electron chi connectivity index (χ1n) is 8.73. The minimum Gasteiger partial charge on any atom is -0.450 e. The number of fused-ring (bicyclic) bond motifs is 1. The Morgan fingerprint density at radius 2 is 2.13 bits per heavy atom. The van der Waals surface area contributed by atoms with E-state index in [1.54, 1.807) is 25.1 Å². The van der Waals surface area contributed by atoms with Crippen LogP contribution in [-0.4, -0.2) is 33.2 Å². The number of anilines is 1. The van der Waals surface area contributed by atoms with Crippen molar-refractivity contribution in [3.05, 3.63) is 71.2 Å². The first kappa shape index (κ1) is 19.6. The van der Waals surface area contributed by atoms with Gasteiger partial charge in [0.1, 0.15) is 12.7 Å². The molecule has 2 heterocycles. The molecule has 1 N–H and O–H groups in total. The van der Waals surface area contributed by atoms with Crippen LogP contribution in [-0.2, 0) is 9.53 Å². The molecule has 0 aliphatic rings. The van der Waals surface area contributed by atoms with E-state index in [0.29, 0.717) is 27.3 Å². The number of aryl methyl sites for hydroxylation is 1. The number of esters is 1. The maximum atomic E-state index is 13.9. The lowest BCUT2D eigenvalue weighted by Gasteiger charge is -2.11. The molecule has 0 saturated carbocycles. The van der Waals surface area contributed by atoms with Gasteiger partial charge in [-0.2, -0.15) is 5.10 Å². The molecule has 4 aromatic rings. The number of halogens is 2. The molecule has 0 saturated heterocycles. The van der Waals surface area contributed by atoms with Gasteiger partial charge in [-0.15, -0.1) is 0 Å². The molecule has 0 atom stereocenters. The molecule has 2 aromatic carbocycles. The number of hydrogen-bond acceptors (Lipinski definition) is 6. The number of amides is 1. The summed E-state index contributed by atoms with van der Waals surface area (Å²) >= 11 is 6.01. The van der Waals surface area contributed by atoms with Gasteiger partial charge in [-0.1, -0.05) is 23.7 Å². The molecule has 0 radical (unpaired) electrons. The van der Waals surface area contributed by atoms with Crippen LogP contribution in [0.3, 0.4) is 0 Å². The average molecular weight is 429 g/mol. The second-order valence-electron chi connectivity index (χ2n) is 6.30. The molecule has 152 valence electrons. The van der Waals surface area contributed by atoms with Crippen LogP contribution in [0.15, 0.2) is 53.5 Å². The van der Waals surface area contributed by atoms with Crippen molar-refractivity contribution >= 4 is 40.1 Å². The van der Waals surface area contributed by atoms with Crippen molar-refractivity contribution in [1.82, 2.24) is 14.8 Å². The van der Waals surface area contributed by atoms with Crippen LogP contribution in [0.1, 0.15) is 16.1 Å². The zero-order valence-corrected chi connectivity index (χ0v) is 16.3. The van der Waals surface area contributed by atoms with Gasteiger partial charge >= 0.3 is 5.97 Å². The number of hydrogen-bond donors (Lipinski definition) is 1. The molecule has 4 rings (SSSR count). The highest BCUT2D eigenvalue weighted by Gasteiger charge is 2.22. The highest BCUT2D eigenvalue weighted by Crippen LogP contribution is 2.28. The summed E-state index contributed by atoms with van der Waals surface area (Å²) < 4.78 is 25.6. The average Bonchev–Trinajstić information content (AvgIpc) is 3.36. The Morgan fingerprint density at radius 1 is 1.30 bits per heavy atom. The van der Waals surface area contributed by atoms with Gasteiger partial charge in [-0.25, -0.2) is 18.9 Å². The minimum absolute atomic E-state index is 0.0391.